The van der Waals surface area contributed by atoms with Crippen molar-refractivity contribution in [1.82, 2.24) is 9.66 Å². The molecule has 0 saturated heterocycles. The van der Waals surface area contributed by atoms with E-state index in [-0.39, 0.29) is 11.4 Å². The number of ether oxygens (including phenoxy) is 3. The number of benzene rings is 3. The summed E-state index contributed by atoms with van der Waals surface area (Å²) in [6.45, 7) is 1.57. The number of aromatic nitrogens is 2. The SMILES string of the molecule is COC(=O)[C@H](C)Oc1cc(Br)c(C=Nn2c(-c3cc4cc(Cl)ccc4o3)nc3ccccc3c2=O)cc1OC. The highest BCUT2D eigenvalue weighted by atomic mass is 79.9. The second-order valence-electron chi connectivity index (χ2n) is 8.41. The Morgan fingerprint density at radius 2 is 1.92 bits per heavy atom. The number of rotatable bonds is 7. The fourth-order valence-corrected chi connectivity index (χ4v) is 4.55. The Labute approximate surface area is 235 Å². The number of carbonyl (C=O) groups excluding carboxylic acids is 1. The Kier molecular flexibility index (Phi) is 7.40. The summed E-state index contributed by atoms with van der Waals surface area (Å²) in [5, 5.41) is 6.21. The molecule has 1 atom stereocenters. The van der Waals surface area contributed by atoms with E-state index in [0.717, 1.165) is 5.39 Å². The van der Waals surface area contributed by atoms with Crippen molar-refractivity contribution in [2.45, 2.75) is 13.0 Å². The molecule has 0 saturated carbocycles. The van der Waals surface area contributed by atoms with Crippen LogP contribution in [0.4, 0.5) is 0 Å². The fourth-order valence-electron chi connectivity index (χ4n) is 3.94. The third kappa shape index (κ3) is 5.25. The van der Waals surface area contributed by atoms with Crippen LogP contribution in [0, 0.1) is 0 Å². The normalized spacial score (nSPS) is 12.2. The molecule has 5 aromatic rings. The molecule has 0 unspecified atom stereocenters. The van der Waals surface area contributed by atoms with Crippen molar-refractivity contribution in [3.05, 3.63) is 86.1 Å². The molecule has 9 nitrogen and oxygen atoms in total. The Balaban J connectivity index is 1.61. The first-order chi connectivity index (χ1) is 18.8. The first-order valence-electron chi connectivity index (χ1n) is 11.7. The highest BCUT2D eigenvalue weighted by Gasteiger charge is 2.20. The van der Waals surface area contributed by atoms with Gasteiger partial charge in [0.05, 0.1) is 31.3 Å². The molecule has 0 fully saturated rings. The van der Waals surface area contributed by atoms with Gasteiger partial charge in [0.1, 0.15) is 5.58 Å². The van der Waals surface area contributed by atoms with Gasteiger partial charge >= 0.3 is 5.97 Å². The average Bonchev–Trinajstić information content (AvgIpc) is 3.35. The number of methoxy groups -OCH3 is 2. The van der Waals surface area contributed by atoms with Crippen molar-refractivity contribution in [2.24, 2.45) is 5.10 Å². The smallest absolute Gasteiger partial charge is 0.346 e. The first-order valence-corrected chi connectivity index (χ1v) is 12.8. The van der Waals surface area contributed by atoms with E-state index < -0.39 is 12.1 Å². The van der Waals surface area contributed by atoms with E-state index in [0.29, 0.717) is 48.8 Å². The van der Waals surface area contributed by atoms with Crippen LogP contribution in [0.25, 0.3) is 33.5 Å². The van der Waals surface area contributed by atoms with Gasteiger partial charge in [-0.15, -0.1) is 0 Å². The molecule has 3 aromatic carbocycles. The summed E-state index contributed by atoms with van der Waals surface area (Å²) in [5.74, 6) is 0.725. The third-order valence-corrected chi connectivity index (χ3v) is 6.81. The van der Waals surface area contributed by atoms with Crippen LogP contribution in [0.2, 0.25) is 5.02 Å². The van der Waals surface area contributed by atoms with Crippen LogP contribution in [-0.4, -0.2) is 42.2 Å². The van der Waals surface area contributed by atoms with Crippen LogP contribution in [0.5, 0.6) is 11.5 Å². The molecule has 39 heavy (non-hydrogen) atoms. The molecule has 0 aliphatic heterocycles. The van der Waals surface area contributed by atoms with Gasteiger partial charge in [0, 0.05) is 20.4 Å². The van der Waals surface area contributed by atoms with Crippen molar-refractivity contribution in [3.63, 3.8) is 0 Å². The highest BCUT2D eigenvalue weighted by molar-refractivity contribution is 9.10. The predicted octanol–water partition coefficient (Wildman–Crippen LogP) is 6.06. The second-order valence-corrected chi connectivity index (χ2v) is 9.71. The van der Waals surface area contributed by atoms with Gasteiger partial charge in [0.25, 0.3) is 5.56 Å². The molecule has 0 bridgehead atoms. The molecule has 11 heteroatoms. The molecule has 0 aliphatic rings. The summed E-state index contributed by atoms with van der Waals surface area (Å²) in [5.41, 5.74) is 1.30. The number of hydrogen-bond acceptors (Lipinski definition) is 8. The monoisotopic (exact) mass is 609 g/mol. The maximum Gasteiger partial charge on any atom is 0.346 e. The number of halogens is 2. The third-order valence-electron chi connectivity index (χ3n) is 5.88. The van der Waals surface area contributed by atoms with Crippen LogP contribution in [0.3, 0.4) is 0 Å². The van der Waals surface area contributed by atoms with Gasteiger partial charge in [-0.2, -0.15) is 9.78 Å². The van der Waals surface area contributed by atoms with E-state index in [4.69, 9.17) is 30.2 Å². The predicted molar refractivity (Wildman–Crippen MR) is 152 cm³/mol. The summed E-state index contributed by atoms with van der Waals surface area (Å²) in [4.78, 5) is 30.0. The van der Waals surface area contributed by atoms with Crippen molar-refractivity contribution in [1.29, 1.82) is 0 Å². The zero-order valence-corrected chi connectivity index (χ0v) is 23.3. The zero-order chi connectivity index (χ0) is 27.7. The summed E-state index contributed by atoms with van der Waals surface area (Å²) in [6, 6.07) is 17.3. The van der Waals surface area contributed by atoms with Gasteiger partial charge < -0.3 is 18.6 Å². The molecule has 0 spiro atoms. The summed E-state index contributed by atoms with van der Waals surface area (Å²) >= 11 is 9.65. The average molecular weight is 611 g/mol. The number of hydrogen-bond donors (Lipinski definition) is 0. The lowest BCUT2D eigenvalue weighted by Gasteiger charge is -2.16. The number of furan rings is 1. The van der Waals surface area contributed by atoms with E-state index in [9.17, 15) is 9.59 Å². The number of nitrogens with zero attached hydrogens (tertiary/aromatic N) is 3. The Hall–Kier alpha value is -4.15. The van der Waals surface area contributed by atoms with Gasteiger partial charge in [-0.05, 0) is 71.4 Å². The summed E-state index contributed by atoms with van der Waals surface area (Å²) in [6.07, 6.45) is 0.639. The molecule has 0 radical (unpaired) electrons. The molecule has 0 N–H and O–H groups in total. The van der Waals surface area contributed by atoms with E-state index >= 15 is 0 Å². The minimum Gasteiger partial charge on any atom is -0.493 e. The number of esters is 1. The molecule has 2 aromatic heterocycles. The van der Waals surface area contributed by atoms with Crippen molar-refractivity contribution in [3.8, 4) is 23.1 Å². The lowest BCUT2D eigenvalue weighted by molar-refractivity contribution is -0.147. The summed E-state index contributed by atoms with van der Waals surface area (Å²) in [7, 11) is 2.76. The standard InChI is InChI=1S/C28H21BrClN3O6/c1-15(28(35)37-3)38-24-13-20(29)17(12-23(24)36-2)14-31-33-26(32-21-7-5-4-6-19(21)27(33)34)25-11-16-10-18(30)8-9-22(16)39-25/h4-15H,1-3H3/t15-/m0/s1. The van der Waals surface area contributed by atoms with Crippen LogP contribution in [0.15, 0.2) is 79.4 Å². The van der Waals surface area contributed by atoms with Crippen molar-refractivity contribution >= 4 is 61.6 Å². The van der Waals surface area contributed by atoms with E-state index in [2.05, 4.69) is 26.0 Å². The largest absolute Gasteiger partial charge is 0.493 e. The van der Waals surface area contributed by atoms with Crippen molar-refractivity contribution < 1.29 is 23.4 Å². The summed E-state index contributed by atoms with van der Waals surface area (Å²) < 4.78 is 23.7. The minimum atomic E-state index is -0.848. The molecular formula is C28H21BrClN3O6. The van der Waals surface area contributed by atoms with Gasteiger partial charge in [0.15, 0.2) is 23.4 Å². The molecule has 0 amide bonds. The number of para-hydroxylation sites is 1. The molecule has 198 valence electrons. The molecule has 2 heterocycles. The van der Waals surface area contributed by atoms with E-state index in [1.54, 1.807) is 67.6 Å². The maximum atomic E-state index is 13.5. The van der Waals surface area contributed by atoms with Gasteiger partial charge in [-0.1, -0.05) is 23.7 Å². The Bertz CT molecular complexity index is 1810. The van der Waals surface area contributed by atoms with Crippen LogP contribution >= 0.6 is 27.5 Å². The van der Waals surface area contributed by atoms with Gasteiger partial charge in [0.2, 0.25) is 5.82 Å². The minimum absolute atomic E-state index is 0.220. The van der Waals surface area contributed by atoms with Gasteiger partial charge in [-0.25, -0.2) is 9.78 Å². The van der Waals surface area contributed by atoms with Crippen LogP contribution < -0.4 is 15.0 Å². The van der Waals surface area contributed by atoms with Crippen molar-refractivity contribution in [2.75, 3.05) is 14.2 Å². The Morgan fingerprint density at radius 1 is 1.13 bits per heavy atom. The van der Waals surface area contributed by atoms with E-state index in [1.165, 1.54) is 25.1 Å². The zero-order valence-electron chi connectivity index (χ0n) is 21.0. The quantitative estimate of drug-likeness (QED) is 0.163. The highest BCUT2D eigenvalue weighted by Crippen LogP contribution is 2.34. The van der Waals surface area contributed by atoms with Crippen LogP contribution in [0.1, 0.15) is 12.5 Å². The van der Waals surface area contributed by atoms with Crippen LogP contribution in [-0.2, 0) is 9.53 Å². The Morgan fingerprint density at radius 3 is 2.69 bits per heavy atom. The number of fused-ring (bicyclic) bond motifs is 2. The molecular weight excluding hydrogens is 590 g/mol. The first kappa shape index (κ1) is 26.5. The lowest BCUT2D eigenvalue weighted by atomic mass is 10.2. The maximum absolute atomic E-state index is 13.5. The lowest BCUT2D eigenvalue weighted by Crippen LogP contribution is -2.25. The molecule has 0 aliphatic carbocycles. The van der Waals surface area contributed by atoms with Gasteiger partial charge in [-0.3, -0.25) is 4.79 Å². The topological polar surface area (TPSA) is 105 Å². The fraction of sp³-hybridized carbons (Fsp3) is 0.143. The molecule has 5 rings (SSSR count). The second kappa shape index (κ2) is 10.9. The number of carbonyl (C=O) groups is 1. The van der Waals surface area contributed by atoms with E-state index in [1.807, 2.05) is 0 Å².